The molecule has 0 bridgehead atoms. The van der Waals surface area contributed by atoms with Crippen LogP contribution in [0.1, 0.15) is 41.5 Å². The summed E-state index contributed by atoms with van der Waals surface area (Å²) >= 11 is 0. The Hall–Kier alpha value is -2.37. The summed E-state index contributed by atoms with van der Waals surface area (Å²) in [6.45, 7) is 4.89. The van der Waals surface area contributed by atoms with E-state index in [1.807, 2.05) is 0 Å². The van der Waals surface area contributed by atoms with E-state index in [-0.39, 0.29) is 29.6 Å². The van der Waals surface area contributed by atoms with E-state index in [4.69, 9.17) is 14.6 Å². The van der Waals surface area contributed by atoms with Crippen LogP contribution in [0.2, 0.25) is 0 Å². The molecule has 0 heterocycles. The van der Waals surface area contributed by atoms with Crippen molar-refractivity contribution in [1.82, 2.24) is 0 Å². The first-order chi connectivity index (χ1) is 9.82. The first-order valence-corrected chi connectivity index (χ1v) is 6.52. The summed E-state index contributed by atoms with van der Waals surface area (Å²) in [6, 6.07) is 5.77. The molecule has 114 valence electrons. The maximum Gasteiger partial charge on any atom is 0.339 e. The quantitative estimate of drug-likeness (QED) is 0.808. The van der Waals surface area contributed by atoms with Gasteiger partial charge >= 0.3 is 17.9 Å². The molecule has 1 N–H and O–H groups in total. The number of esters is 2. The van der Waals surface area contributed by atoms with Crippen LogP contribution < -0.4 is 0 Å². The number of rotatable bonds is 6. The van der Waals surface area contributed by atoms with Crippen molar-refractivity contribution in [3.63, 3.8) is 0 Å². The molecule has 0 aromatic heterocycles. The summed E-state index contributed by atoms with van der Waals surface area (Å²) in [7, 11) is 0. The third-order valence-corrected chi connectivity index (χ3v) is 2.62. The van der Waals surface area contributed by atoms with Crippen LogP contribution in [-0.2, 0) is 14.3 Å². The van der Waals surface area contributed by atoms with Gasteiger partial charge in [0.05, 0.1) is 17.0 Å². The maximum atomic E-state index is 11.9. The van der Waals surface area contributed by atoms with Gasteiger partial charge in [0, 0.05) is 0 Å². The SMILES string of the molecule is CC(COC(=O)C(C)C)OC(=O)c1ccccc1C(=O)O. The molecular formula is C15H18O6. The zero-order chi connectivity index (χ0) is 16.0. The lowest BCUT2D eigenvalue weighted by atomic mass is 10.1. The van der Waals surface area contributed by atoms with Crippen LogP contribution in [0.15, 0.2) is 24.3 Å². The van der Waals surface area contributed by atoms with E-state index in [9.17, 15) is 14.4 Å². The highest BCUT2D eigenvalue weighted by molar-refractivity contribution is 6.02. The van der Waals surface area contributed by atoms with Crippen LogP contribution >= 0.6 is 0 Å². The van der Waals surface area contributed by atoms with Crippen molar-refractivity contribution < 1.29 is 29.0 Å². The first kappa shape index (κ1) is 16.7. The van der Waals surface area contributed by atoms with Gasteiger partial charge in [0.25, 0.3) is 0 Å². The summed E-state index contributed by atoms with van der Waals surface area (Å²) < 4.78 is 10.0. The van der Waals surface area contributed by atoms with Crippen molar-refractivity contribution in [1.29, 1.82) is 0 Å². The van der Waals surface area contributed by atoms with Gasteiger partial charge in [-0.25, -0.2) is 9.59 Å². The molecule has 0 saturated heterocycles. The Kier molecular flexibility index (Phi) is 5.90. The molecule has 1 aromatic carbocycles. The Bertz CT molecular complexity index is 535. The lowest BCUT2D eigenvalue weighted by molar-refractivity contribution is -0.150. The van der Waals surface area contributed by atoms with Gasteiger partial charge < -0.3 is 14.6 Å². The predicted molar refractivity (Wildman–Crippen MR) is 74.1 cm³/mol. The van der Waals surface area contributed by atoms with E-state index in [1.54, 1.807) is 26.8 Å². The highest BCUT2D eigenvalue weighted by atomic mass is 16.6. The van der Waals surface area contributed by atoms with Crippen molar-refractivity contribution in [3.05, 3.63) is 35.4 Å². The predicted octanol–water partition coefficient (Wildman–Crippen LogP) is 2.13. The summed E-state index contributed by atoms with van der Waals surface area (Å²) in [5.41, 5.74) is -0.166. The second kappa shape index (κ2) is 7.42. The molecule has 0 aliphatic heterocycles. The van der Waals surface area contributed by atoms with Gasteiger partial charge in [-0.3, -0.25) is 4.79 Å². The fourth-order valence-electron chi connectivity index (χ4n) is 1.49. The number of hydrogen-bond donors (Lipinski definition) is 1. The Balaban J connectivity index is 2.65. The highest BCUT2D eigenvalue weighted by Gasteiger charge is 2.20. The van der Waals surface area contributed by atoms with Gasteiger partial charge in [0.2, 0.25) is 0 Å². The molecule has 0 saturated carbocycles. The molecule has 0 aliphatic rings. The third-order valence-electron chi connectivity index (χ3n) is 2.62. The molecule has 21 heavy (non-hydrogen) atoms. The van der Waals surface area contributed by atoms with Crippen molar-refractivity contribution in [2.24, 2.45) is 5.92 Å². The lowest BCUT2D eigenvalue weighted by Gasteiger charge is -2.15. The molecule has 1 rings (SSSR count). The number of hydrogen-bond acceptors (Lipinski definition) is 5. The topological polar surface area (TPSA) is 89.9 Å². The minimum atomic E-state index is -1.21. The molecule has 0 aliphatic carbocycles. The van der Waals surface area contributed by atoms with Gasteiger partial charge in [-0.2, -0.15) is 0 Å². The number of carboxylic acids is 1. The first-order valence-electron chi connectivity index (χ1n) is 6.52. The van der Waals surface area contributed by atoms with E-state index in [0.29, 0.717) is 0 Å². The molecular weight excluding hydrogens is 276 g/mol. The number of ether oxygens (including phenoxy) is 2. The van der Waals surface area contributed by atoms with E-state index in [0.717, 1.165) is 0 Å². The Morgan fingerprint density at radius 2 is 1.67 bits per heavy atom. The number of aromatic carboxylic acids is 1. The monoisotopic (exact) mass is 294 g/mol. The fraction of sp³-hybridized carbons (Fsp3) is 0.400. The number of carboxylic acid groups (broad SMARTS) is 1. The highest BCUT2D eigenvalue weighted by Crippen LogP contribution is 2.12. The lowest BCUT2D eigenvalue weighted by Crippen LogP contribution is -2.24. The van der Waals surface area contributed by atoms with E-state index in [2.05, 4.69) is 0 Å². The second-order valence-corrected chi connectivity index (χ2v) is 4.85. The molecule has 1 aromatic rings. The fourth-order valence-corrected chi connectivity index (χ4v) is 1.49. The molecule has 6 heteroatoms. The minimum absolute atomic E-state index is 0.0352. The van der Waals surface area contributed by atoms with Crippen molar-refractivity contribution in [2.75, 3.05) is 6.61 Å². The van der Waals surface area contributed by atoms with Gasteiger partial charge in [0.1, 0.15) is 12.7 Å². The van der Waals surface area contributed by atoms with Gasteiger partial charge in [-0.15, -0.1) is 0 Å². The van der Waals surface area contributed by atoms with E-state index >= 15 is 0 Å². The second-order valence-electron chi connectivity index (χ2n) is 4.85. The Labute approximate surface area is 122 Å². The number of carbonyl (C=O) groups is 3. The van der Waals surface area contributed by atoms with Crippen molar-refractivity contribution >= 4 is 17.9 Å². The molecule has 6 nitrogen and oxygen atoms in total. The molecule has 0 spiro atoms. The van der Waals surface area contributed by atoms with Crippen LogP contribution in [0, 0.1) is 5.92 Å². The Morgan fingerprint density at radius 3 is 2.19 bits per heavy atom. The minimum Gasteiger partial charge on any atom is -0.478 e. The zero-order valence-corrected chi connectivity index (χ0v) is 12.2. The van der Waals surface area contributed by atoms with E-state index in [1.165, 1.54) is 18.2 Å². The molecule has 0 amide bonds. The molecule has 0 fully saturated rings. The average molecular weight is 294 g/mol. The van der Waals surface area contributed by atoms with Gasteiger partial charge in [-0.05, 0) is 19.1 Å². The summed E-state index contributed by atoms with van der Waals surface area (Å²) in [6.07, 6.45) is -0.665. The number of carbonyl (C=O) groups excluding carboxylic acids is 2. The molecule has 0 radical (unpaired) electrons. The van der Waals surface area contributed by atoms with Crippen LogP contribution in [0.4, 0.5) is 0 Å². The maximum absolute atomic E-state index is 11.9. The summed E-state index contributed by atoms with van der Waals surface area (Å²) in [5.74, 6) is -2.62. The Morgan fingerprint density at radius 1 is 1.10 bits per heavy atom. The zero-order valence-electron chi connectivity index (χ0n) is 12.2. The van der Waals surface area contributed by atoms with Gasteiger partial charge in [-0.1, -0.05) is 26.0 Å². The van der Waals surface area contributed by atoms with Crippen LogP contribution in [0.3, 0.4) is 0 Å². The molecule has 1 unspecified atom stereocenters. The van der Waals surface area contributed by atoms with Crippen LogP contribution in [-0.4, -0.2) is 35.7 Å². The number of benzene rings is 1. The average Bonchev–Trinajstić information content (AvgIpc) is 2.44. The largest absolute Gasteiger partial charge is 0.478 e. The smallest absolute Gasteiger partial charge is 0.339 e. The molecule has 1 atom stereocenters. The van der Waals surface area contributed by atoms with Crippen LogP contribution in [0.25, 0.3) is 0 Å². The summed E-state index contributed by atoms with van der Waals surface area (Å²) in [4.78, 5) is 34.3. The third kappa shape index (κ3) is 4.91. The normalized spacial score (nSPS) is 11.8. The van der Waals surface area contributed by atoms with Crippen molar-refractivity contribution in [3.8, 4) is 0 Å². The standard InChI is InChI=1S/C15H18O6/c1-9(2)14(18)20-8-10(3)21-15(19)12-7-5-4-6-11(12)13(16)17/h4-7,9-10H,8H2,1-3H3,(H,16,17). The van der Waals surface area contributed by atoms with Gasteiger partial charge in [0.15, 0.2) is 0 Å². The summed E-state index contributed by atoms with van der Waals surface area (Å²) in [5, 5.41) is 9.01. The van der Waals surface area contributed by atoms with E-state index < -0.39 is 18.0 Å². The van der Waals surface area contributed by atoms with Crippen LogP contribution in [0.5, 0.6) is 0 Å². The van der Waals surface area contributed by atoms with Crippen molar-refractivity contribution in [2.45, 2.75) is 26.9 Å².